The highest BCUT2D eigenvalue weighted by Gasteiger charge is 2.09. The molecule has 0 bridgehead atoms. The maximum Gasteiger partial charge on any atom is 0.253 e. The third-order valence-corrected chi connectivity index (χ3v) is 2.82. The molecule has 19 heavy (non-hydrogen) atoms. The normalized spacial score (nSPS) is 10.3. The molecular weight excluding hydrogens is 272 g/mol. The predicted octanol–water partition coefficient (Wildman–Crippen LogP) is 3.55. The van der Waals surface area contributed by atoms with Gasteiger partial charge in [0.2, 0.25) is 0 Å². The van der Waals surface area contributed by atoms with Gasteiger partial charge in [-0.1, -0.05) is 23.7 Å². The molecule has 0 fully saturated rings. The van der Waals surface area contributed by atoms with Crippen molar-refractivity contribution in [2.45, 2.75) is 6.54 Å². The predicted molar refractivity (Wildman–Crippen MR) is 69.0 cm³/mol. The van der Waals surface area contributed by atoms with E-state index in [1.165, 1.54) is 0 Å². The number of benzene rings is 2. The van der Waals surface area contributed by atoms with Crippen LogP contribution in [0.3, 0.4) is 0 Å². The average Bonchev–Trinajstić information content (AvgIpc) is 2.35. The molecule has 0 aliphatic rings. The van der Waals surface area contributed by atoms with Crippen molar-refractivity contribution in [3.63, 3.8) is 0 Å². The summed E-state index contributed by atoms with van der Waals surface area (Å²) in [4.78, 5) is 11.8. The Balaban J connectivity index is 2.07. The molecule has 2 aromatic rings. The van der Waals surface area contributed by atoms with Crippen LogP contribution in [0.5, 0.6) is 0 Å². The van der Waals surface area contributed by atoms with Crippen molar-refractivity contribution in [2.75, 3.05) is 0 Å². The van der Waals surface area contributed by atoms with Crippen LogP contribution in [0.15, 0.2) is 42.5 Å². The first-order valence-corrected chi connectivity index (χ1v) is 5.92. The summed E-state index contributed by atoms with van der Waals surface area (Å²) in [5.41, 5.74) is 0.666. The number of halogens is 3. The molecule has 0 aliphatic heterocycles. The molecule has 0 atom stereocenters. The standard InChI is InChI=1S/C14H10ClF2NO/c15-13-4-2-1-3-12(13)14(19)18-8-9-5-10(16)7-11(17)6-9/h1-7H,8H2,(H,18,19). The molecule has 2 aromatic carbocycles. The molecule has 0 saturated carbocycles. The van der Waals surface area contributed by atoms with E-state index >= 15 is 0 Å². The number of hydrogen-bond acceptors (Lipinski definition) is 1. The van der Waals surface area contributed by atoms with Gasteiger partial charge in [0, 0.05) is 12.6 Å². The monoisotopic (exact) mass is 281 g/mol. The van der Waals surface area contributed by atoms with Gasteiger partial charge < -0.3 is 5.32 Å². The number of nitrogens with one attached hydrogen (secondary N) is 1. The van der Waals surface area contributed by atoms with Gasteiger partial charge in [0.1, 0.15) is 11.6 Å². The number of hydrogen-bond donors (Lipinski definition) is 1. The first-order valence-electron chi connectivity index (χ1n) is 5.54. The van der Waals surface area contributed by atoms with E-state index in [1.807, 2.05) is 0 Å². The molecule has 98 valence electrons. The van der Waals surface area contributed by atoms with E-state index in [1.54, 1.807) is 24.3 Å². The van der Waals surface area contributed by atoms with Crippen LogP contribution in [-0.2, 0) is 6.54 Å². The van der Waals surface area contributed by atoms with Gasteiger partial charge in [-0.3, -0.25) is 4.79 Å². The zero-order valence-corrected chi connectivity index (χ0v) is 10.5. The van der Waals surface area contributed by atoms with Crippen molar-refractivity contribution in [1.82, 2.24) is 5.32 Å². The fourth-order valence-electron chi connectivity index (χ4n) is 1.64. The Kier molecular flexibility index (Phi) is 4.12. The summed E-state index contributed by atoms with van der Waals surface area (Å²) in [6, 6.07) is 9.66. The van der Waals surface area contributed by atoms with E-state index in [-0.39, 0.29) is 6.54 Å². The summed E-state index contributed by atoms with van der Waals surface area (Å²) in [6.07, 6.45) is 0. The van der Waals surface area contributed by atoms with Crippen LogP contribution in [0.4, 0.5) is 8.78 Å². The lowest BCUT2D eigenvalue weighted by Gasteiger charge is -2.07. The van der Waals surface area contributed by atoms with Crippen LogP contribution in [0.1, 0.15) is 15.9 Å². The van der Waals surface area contributed by atoms with Gasteiger partial charge in [-0.15, -0.1) is 0 Å². The van der Waals surface area contributed by atoms with Crippen molar-refractivity contribution < 1.29 is 13.6 Å². The van der Waals surface area contributed by atoms with E-state index in [0.29, 0.717) is 16.1 Å². The molecule has 0 unspecified atom stereocenters. The Morgan fingerprint density at radius 3 is 2.37 bits per heavy atom. The topological polar surface area (TPSA) is 29.1 Å². The highest BCUT2D eigenvalue weighted by molar-refractivity contribution is 6.33. The molecule has 0 spiro atoms. The van der Waals surface area contributed by atoms with Gasteiger partial charge in [0.25, 0.3) is 5.91 Å². The smallest absolute Gasteiger partial charge is 0.253 e. The molecule has 0 aliphatic carbocycles. The Morgan fingerprint density at radius 1 is 1.11 bits per heavy atom. The lowest BCUT2D eigenvalue weighted by molar-refractivity contribution is 0.0951. The van der Waals surface area contributed by atoms with Crippen LogP contribution in [-0.4, -0.2) is 5.91 Å². The van der Waals surface area contributed by atoms with Crippen LogP contribution in [0.2, 0.25) is 5.02 Å². The maximum atomic E-state index is 13.0. The third kappa shape index (κ3) is 3.51. The molecule has 0 saturated heterocycles. The van der Waals surface area contributed by atoms with E-state index in [2.05, 4.69) is 5.32 Å². The fraction of sp³-hybridized carbons (Fsp3) is 0.0714. The van der Waals surface area contributed by atoms with Crippen LogP contribution in [0.25, 0.3) is 0 Å². The van der Waals surface area contributed by atoms with Gasteiger partial charge >= 0.3 is 0 Å². The van der Waals surface area contributed by atoms with Gasteiger partial charge in [-0.05, 0) is 29.8 Å². The Labute approximate surface area is 114 Å². The number of carbonyl (C=O) groups excluding carboxylic acids is 1. The summed E-state index contributed by atoms with van der Waals surface area (Å²) in [7, 11) is 0. The molecule has 0 heterocycles. The molecule has 0 aromatic heterocycles. The van der Waals surface area contributed by atoms with E-state index in [0.717, 1.165) is 18.2 Å². The average molecular weight is 282 g/mol. The molecule has 5 heteroatoms. The van der Waals surface area contributed by atoms with Gasteiger partial charge in [0.05, 0.1) is 10.6 Å². The van der Waals surface area contributed by atoms with E-state index in [4.69, 9.17) is 11.6 Å². The van der Waals surface area contributed by atoms with E-state index < -0.39 is 17.5 Å². The second kappa shape index (κ2) is 5.80. The second-order valence-corrected chi connectivity index (χ2v) is 4.35. The molecule has 2 rings (SSSR count). The summed E-state index contributed by atoms with van der Waals surface area (Å²) in [5.74, 6) is -1.75. The molecule has 2 nitrogen and oxygen atoms in total. The van der Waals surface area contributed by atoms with Gasteiger partial charge in [-0.2, -0.15) is 0 Å². The SMILES string of the molecule is O=C(NCc1cc(F)cc(F)c1)c1ccccc1Cl. The Bertz CT molecular complexity index is 596. The largest absolute Gasteiger partial charge is 0.348 e. The lowest BCUT2D eigenvalue weighted by atomic mass is 10.2. The Morgan fingerprint density at radius 2 is 1.74 bits per heavy atom. The first-order chi connectivity index (χ1) is 9.06. The molecule has 1 amide bonds. The zero-order valence-electron chi connectivity index (χ0n) is 9.79. The summed E-state index contributed by atoms with van der Waals surface area (Å²) < 4.78 is 25.9. The second-order valence-electron chi connectivity index (χ2n) is 3.94. The summed E-state index contributed by atoms with van der Waals surface area (Å²) >= 11 is 5.87. The number of rotatable bonds is 3. The van der Waals surface area contributed by atoms with Gasteiger partial charge in [-0.25, -0.2) is 8.78 Å². The quantitative estimate of drug-likeness (QED) is 0.916. The lowest BCUT2D eigenvalue weighted by Crippen LogP contribution is -2.23. The van der Waals surface area contributed by atoms with Crippen molar-refractivity contribution in [2.24, 2.45) is 0 Å². The molecule has 1 N–H and O–H groups in total. The van der Waals surface area contributed by atoms with Crippen molar-refractivity contribution in [3.8, 4) is 0 Å². The minimum absolute atomic E-state index is 0.0265. The summed E-state index contributed by atoms with van der Waals surface area (Å²) in [5, 5.41) is 2.88. The van der Waals surface area contributed by atoms with E-state index in [9.17, 15) is 13.6 Å². The number of carbonyl (C=O) groups is 1. The van der Waals surface area contributed by atoms with Crippen LogP contribution < -0.4 is 5.32 Å². The Hall–Kier alpha value is -1.94. The van der Waals surface area contributed by atoms with Crippen LogP contribution in [0, 0.1) is 11.6 Å². The molecule has 0 radical (unpaired) electrons. The molecular formula is C14H10ClF2NO. The van der Waals surface area contributed by atoms with Crippen molar-refractivity contribution in [1.29, 1.82) is 0 Å². The minimum Gasteiger partial charge on any atom is -0.348 e. The number of amides is 1. The zero-order chi connectivity index (χ0) is 13.8. The van der Waals surface area contributed by atoms with Crippen molar-refractivity contribution in [3.05, 3.63) is 70.2 Å². The summed E-state index contributed by atoms with van der Waals surface area (Å²) in [6.45, 7) is 0.0265. The van der Waals surface area contributed by atoms with Crippen LogP contribution >= 0.6 is 11.6 Å². The third-order valence-electron chi connectivity index (χ3n) is 2.49. The highest BCUT2D eigenvalue weighted by Crippen LogP contribution is 2.15. The highest BCUT2D eigenvalue weighted by atomic mass is 35.5. The maximum absolute atomic E-state index is 13.0. The minimum atomic E-state index is -0.679. The first kappa shape index (κ1) is 13.5. The fourth-order valence-corrected chi connectivity index (χ4v) is 1.86. The van der Waals surface area contributed by atoms with Crippen molar-refractivity contribution >= 4 is 17.5 Å². The van der Waals surface area contributed by atoms with Gasteiger partial charge in [0.15, 0.2) is 0 Å².